The lowest BCUT2D eigenvalue weighted by Gasteiger charge is -2.24. The average molecular weight is 455 g/mol. The standard InChI is InChI=1S/C28H54O4/c1-7-9-11-13-17-21-27(3,4)23-31-25(29)19-15-16-20-26(30)32-24-28(5,6)22-18-14-12-10-8-2/h7-24H2,1-6H3. The summed E-state index contributed by atoms with van der Waals surface area (Å²) in [7, 11) is 0. The van der Waals surface area contributed by atoms with E-state index in [4.69, 9.17) is 9.47 Å². The minimum atomic E-state index is -0.151. The second kappa shape index (κ2) is 18.4. The van der Waals surface area contributed by atoms with Crippen LogP contribution in [0.25, 0.3) is 0 Å². The highest BCUT2D eigenvalue weighted by Gasteiger charge is 2.21. The highest BCUT2D eigenvalue weighted by Crippen LogP contribution is 2.26. The Morgan fingerprint density at radius 2 is 0.875 bits per heavy atom. The summed E-state index contributed by atoms with van der Waals surface area (Å²) >= 11 is 0. The number of carbonyl (C=O) groups is 2. The predicted octanol–water partition coefficient (Wildman–Crippen LogP) is 8.41. The fourth-order valence-electron chi connectivity index (χ4n) is 3.79. The van der Waals surface area contributed by atoms with E-state index in [9.17, 15) is 9.59 Å². The Kier molecular flexibility index (Phi) is 17.8. The van der Waals surface area contributed by atoms with E-state index in [0.29, 0.717) is 38.9 Å². The van der Waals surface area contributed by atoms with Crippen LogP contribution < -0.4 is 0 Å². The van der Waals surface area contributed by atoms with Gasteiger partial charge in [0.1, 0.15) is 0 Å². The largest absolute Gasteiger partial charge is 0.465 e. The van der Waals surface area contributed by atoms with Gasteiger partial charge in [0.15, 0.2) is 0 Å². The van der Waals surface area contributed by atoms with Gasteiger partial charge in [0, 0.05) is 12.8 Å². The molecule has 0 aliphatic carbocycles. The number of hydrogen-bond donors (Lipinski definition) is 0. The molecule has 0 saturated carbocycles. The molecule has 0 aromatic heterocycles. The molecule has 0 amide bonds. The first-order chi connectivity index (χ1) is 15.1. The van der Waals surface area contributed by atoms with Crippen molar-refractivity contribution >= 4 is 11.9 Å². The van der Waals surface area contributed by atoms with Crippen molar-refractivity contribution in [3.8, 4) is 0 Å². The zero-order valence-electron chi connectivity index (χ0n) is 22.4. The van der Waals surface area contributed by atoms with Crippen molar-refractivity contribution in [2.24, 2.45) is 10.8 Å². The summed E-state index contributed by atoms with van der Waals surface area (Å²) in [4.78, 5) is 24.1. The van der Waals surface area contributed by atoms with Crippen LogP contribution in [-0.4, -0.2) is 25.2 Å². The Morgan fingerprint density at radius 3 is 1.22 bits per heavy atom. The van der Waals surface area contributed by atoms with Crippen LogP contribution in [0, 0.1) is 10.8 Å². The number of carbonyl (C=O) groups excluding carboxylic acids is 2. The summed E-state index contributed by atoms with van der Waals surface area (Å²) in [5.74, 6) is -0.303. The Hall–Kier alpha value is -1.06. The van der Waals surface area contributed by atoms with Crippen molar-refractivity contribution < 1.29 is 19.1 Å². The highest BCUT2D eigenvalue weighted by atomic mass is 16.5. The Balaban J connectivity index is 3.81. The smallest absolute Gasteiger partial charge is 0.305 e. The van der Waals surface area contributed by atoms with Crippen LogP contribution in [0.5, 0.6) is 0 Å². The minimum Gasteiger partial charge on any atom is -0.465 e. The van der Waals surface area contributed by atoms with Gasteiger partial charge in [0.05, 0.1) is 13.2 Å². The number of unbranched alkanes of at least 4 members (excludes halogenated alkanes) is 9. The van der Waals surface area contributed by atoms with Crippen LogP contribution in [0.2, 0.25) is 0 Å². The van der Waals surface area contributed by atoms with Gasteiger partial charge in [0.25, 0.3) is 0 Å². The molecular formula is C28H54O4. The van der Waals surface area contributed by atoms with Crippen molar-refractivity contribution in [2.75, 3.05) is 13.2 Å². The van der Waals surface area contributed by atoms with E-state index >= 15 is 0 Å². The summed E-state index contributed by atoms with van der Waals surface area (Å²) in [6.07, 6.45) is 16.9. The zero-order chi connectivity index (χ0) is 24.3. The first-order valence-electron chi connectivity index (χ1n) is 13.4. The molecule has 0 bridgehead atoms. The Morgan fingerprint density at radius 1 is 0.531 bits per heavy atom. The molecule has 0 fully saturated rings. The monoisotopic (exact) mass is 454 g/mol. The quantitative estimate of drug-likeness (QED) is 0.129. The van der Waals surface area contributed by atoms with Crippen LogP contribution in [0.3, 0.4) is 0 Å². The van der Waals surface area contributed by atoms with E-state index in [-0.39, 0.29) is 22.8 Å². The van der Waals surface area contributed by atoms with Crippen LogP contribution in [0.15, 0.2) is 0 Å². The average Bonchev–Trinajstić information content (AvgIpc) is 2.73. The maximum Gasteiger partial charge on any atom is 0.305 e. The summed E-state index contributed by atoms with van der Waals surface area (Å²) in [5, 5.41) is 0. The summed E-state index contributed by atoms with van der Waals surface area (Å²) in [6, 6.07) is 0. The van der Waals surface area contributed by atoms with E-state index in [1.54, 1.807) is 0 Å². The Labute approximate surface area is 199 Å². The SMILES string of the molecule is CCCCCCCC(C)(C)COC(=O)CCCCC(=O)OCC(C)(C)CCCCCCC. The van der Waals surface area contributed by atoms with E-state index in [1.165, 1.54) is 64.2 Å². The van der Waals surface area contributed by atoms with Crippen molar-refractivity contribution in [1.29, 1.82) is 0 Å². The topological polar surface area (TPSA) is 52.6 Å². The second-order valence-electron chi connectivity index (χ2n) is 11.2. The molecule has 0 aromatic carbocycles. The van der Waals surface area contributed by atoms with Gasteiger partial charge in [-0.15, -0.1) is 0 Å². The fourth-order valence-corrected chi connectivity index (χ4v) is 3.79. The van der Waals surface area contributed by atoms with Gasteiger partial charge in [-0.2, -0.15) is 0 Å². The zero-order valence-corrected chi connectivity index (χ0v) is 22.4. The third-order valence-corrected chi connectivity index (χ3v) is 6.17. The van der Waals surface area contributed by atoms with Crippen LogP contribution in [0.4, 0.5) is 0 Å². The fraction of sp³-hybridized carbons (Fsp3) is 0.929. The van der Waals surface area contributed by atoms with Crippen LogP contribution in [0.1, 0.15) is 144 Å². The van der Waals surface area contributed by atoms with E-state index < -0.39 is 0 Å². The maximum absolute atomic E-state index is 12.0. The molecule has 0 spiro atoms. The lowest BCUT2D eigenvalue weighted by molar-refractivity contribution is -0.149. The maximum atomic E-state index is 12.0. The first-order valence-corrected chi connectivity index (χ1v) is 13.4. The lowest BCUT2D eigenvalue weighted by atomic mass is 9.87. The van der Waals surface area contributed by atoms with Gasteiger partial charge in [0.2, 0.25) is 0 Å². The number of esters is 2. The number of hydrogen-bond acceptors (Lipinski definition) is 4. The van der Waals surface area contributed by atoms with Gasteiger partial charge in [-0.25, -0.2) is 0 Å². The number of rotatable bonds is 21. The molecule has 4 heteroatoms. The van der Waals surface area contributed by atoms with Crippen LogP contribution >= 0.6 is 0 Å². The van der Waals surface area contributed by atoms with Crippen molar-refractivity contribution in [3.05, 3.63) is 0 Å². The lowest BCUT2D eigenvalue weighted by Crippen LogP contribution is -2.22. The minimum absolute atomic E-state index is 0.0362. The van der Waals surface area contributed by atoms with Gasteiger partial charge in [-0.05, 0) is 36.5 Å². The highest BCUT2D eigenvalue weighted by molar-refractivity contribution is 5.70. The molecule has 0 N–H and O–H groups in total. The molecule has 4 nitrogen and oxygen atoms in total. The van der Waals surface area contributed by atoms with Crippen LogP contribution in [-0.2, 0) is 19.1 Å². The summed E-state index contributed by atoms with van der Waals surface area (Å²) in [6.45, 7) is 14.1. The van der Waals surface area contributed by atoms with Crippen molar-refractivity contribution in [1.82, 2.24) is 0 Å². The Bertz CT molecular complexity index is 438. The molecule has 0 heterocycles. The molecule has 190 valence electrons. The third-order valence-electron chi connectivity index (χ3n) is 6.17. The molecule has 0 aromatic rings. The molecule has 0 atom stereocenters. The van der Waals surface area contributed by atoms with Crippen molar-refractivity contribution in [3.63, 3.8) is 0 Å². The molecule has 0 saturated heterocycles. The van der Waals surface area contributed by atoms with Crippen molar-refractivity contribution in [2.45, 2.75) is 144 Å². The van der Waals surface area contributed by atoms with E-state index in [0.717, 1.165) is 12.8 Å². The molecule has 0 unspecified atom stereocenters. The summed E-state index contributed by atoms with van der Waals surface area (Å²) < 4.78 is 11.0. The third kappa shape index (κ3) is 19.6. The normalized spacial score (nSPS) is 12.1. The summed E-state index contributed by atoms with van der Waals surface area (Å²) in [5.41, 5.74) is 0.0724. The second-order valence-corrected chi connectivity index (χ2v) is 11.2. The molecular weight excluding hydrogens is 400 g/mol. The van der Waals surface area contributed by atoms with Gasteiger partial charge in [-0.1, -0.05) is 106 Å². The van der Waals surface area contributed by atoms with E-state index in [1.807, 2.05) is 0 Å². The molecule has 32 heavy (non-hydrogen) atoms. The molecule has 0 rings (SSSR count). The number of ether oxygens (including phenoxy) is 2. The van der Waals surface area contributed by atoms with Gasteiger partial charge in [-0.3, -0.25) is 9.59 Å². The molecule has 0 aliphatic heterocycles. The molecule has 0 aliphatic rings. The first kappa shape index (κ1) is 30.9. The predicted molar refractivity (Wildman–Crippen MR) is 135 cm³/mol. The van der Waals surface area contributed by atoms with Gasteiger partial charge < -0.3 is 9.47 Å². The van der Waals surface area contributed by atoms with Gasteiger partial charge >= 0.3 is 11.9 Å². The van der Waals surface area contributed by atoms with E-state index in [2.05, 4.69) is 41.5 Å². The molecule has 0 radical (unpaired) electrons.